The molecule has 0 amide bonds. The van der Waals surface area contributed by atoms with Gasteiger partial charge in [-0.3, -0.25) is 10.1 Å². The minimum Gasteiger partial charge on any atom is -0.482 e. The van der Waals surface area contributed by atoms with Crippen molar-refractivity contribution < 1.29 is 19.2 Å². The Morgan fingerprint density at radius 1 is 1.36 bits per heavy atom. The van der Waals surface area contributed by atoms with E-state index in [1.165, 1.54) is 18.2 Å². The van der Waals surface area contributed by atoms with E-state index in [1.54, 1.807) is 6.07 Å². The average Bonchev–Trinajstić information content (AvgIpc) is 2.52. The molecule has 0 heterocycles. The van der Waals surface area contributed by atoms with E-state index in [4.69, 9.17) is 9.47 Å². The maximum atomic E-state index is 11.7. The van der Waals surface area contributed by atoms with Gasteiger partial charge in [0.25, 0.3) is 5.69 Å². The topological polar surface area (TPSA) is 78.7 Å². The SMILES string of the molecule is CC1CC=CCC1COC(=O)COc1cccc([N+](=O)[O-])c1. The molecular formula is C16H19NO5. The lowest BCUT2D eigenvalue weighted by molar-refractivity contribution is -0.384. The number of carbonyl (C=O) groups excluding carboxylic acids is 1. The molecule has 0 aliphatic heterocycles. The smallest absolute Gasteiger partial charge is 0.344 e. The molecule has 22 heavy (non-hydrogen) atoms. The first-order valence-corrected chi connectivity index (χ1v) is 7.24. The van der Waals surface area contributed by atoms with Gasteiger partial charge >= 0.3 is 5.97 Å². The Kier molecular flexibility index (Phi) is 5.52. The van der Waals surface area contributed by atoms with E-state index in [1.807, 2.05) is 0 Å². The lowest BCUT2D eigenvalue weighted by Crippen LogP contribution is -2.24. The van der Waals surface area contributed by atoms with Gasteiger partial charge in [0.1, 0.15) is 5.75 Å². The number of nitro groups is 1. The van der Waals surface area contributed by atoms with Gasteiger partial charge in [-0.15, -0.1) is 0 Å². The number of hydrogen-bond donors (Lipinski definition) is 0. The van der Waals surface area contributed by atoms with Crippen molar-refractivity contribution in [2.45, 2.75) is 19.8 Å². The van der Waals surface area contributed by atoms with E-state index < -0.39 is 10.9 Å². The van der Waals surface area contributed by atoms with E-state index in [0.29, 0.717) is 18.4 Å². The third-order valence-electron chi connectivity index (χ3n) is 3.76. The van der Waals surface area contributed by atoms with Crippen LogP contribution in [0.1, 0.15) is 19.8 Å². The van der Waals surface area contributed by atoms with Gasteiger partial charge in [0.2, 0.25) is 0 Å². The number of ether oxygens (including phenoxy) is 2. The monoisotopic (exact) mass is 305 g/mol. The van der Waals surface area contributed by atoms with Crippen LogP contribution in [-0.4, -0.2) is 24.1 Å². The largest absolute Gasteiger partial charge is 0.482 e. The number of nitro benzene ring substituents is 1. The summed E-state index contributed by atoms with van der Waals surface area (Å²) in [4.78, 5) is 21.8. The molecule has 6 nitrogen and oxygen atoms in total. The van der Waals surface area contributed by atoms with Crippen LogP contribution in [0.5, 0.6) is 5.75 Å². The minimum absolute atomic E-state index is 0.0753. The van der Waals surface area contributed by atoms with Gasteiger partial charge in [-0.05, 0) is 30.7 Å². The van der Waals surface area contributed by atoms with Crippen LogP contribution in [0.25, 0.3) is 0 Å². The van der Waals surface area contributed by atoms with Gasteiger partial charge in [0, 0.05) is 6.07 Å². The Hall–Kier alpha value is -2.37. The zero-order chi connectivity index (χ0) is 15.9. The van der Waals surface area contributed by atoms with Crippen LogP contribution in [-0.2, 0) is 9.53 Å². The first-order valence-electron chi connectivity index (χ1n) is 7.24. The Bertz CT molecular complexity index is 569. The van der Waals surface area contributed by atoms with Crippen molar-refractivity contribution in [3.05, 3.63) is 46.5 Å². The fourth-order valence-corrected chi connectivity index (χ4v) is 2.31. The molecule has 6 heteroatoms. The standard InChI is InChI=1S/C16H19NO5/c1-12-5-2-3-6-13(12)10-22-16(18)11-21-15-8-4-7-14(9-15)17(19)20/h2-4,7-9,12-13H,5-6,10-11H2,1H3. The third kappa shape index (κ3) is 4.58. The van der Waals surface area contributed by atoms with Crippen molar-refractivity contribution in [1.29, 1.82) is 0 Å². The van der Waals surface area contributed by atoms with Crippen molar-refractivity contribution in [3.63, 3.8) is 0 Å². The first-order chi connectivity index (χ1) is 10.6. The van der Waals surface area contributed by atoms with Crippen LogP contribution in [0.2, 0.25) is 0 Å². The summed E-state index contributed by atoms with van der Waals surface area (Å²) in [6.45, 7) is 2.27. The number of benzene rings is 1. The Morgan fingerprint density at radius 2 is 2.14 bits per heavy atom. The van der Waals surface area contributed by atoms with E-state index in [0.717, 1.165) is 12.8 Å². The summed E-state index contributed by atoms with van der Waals surface area (Å²) in [6.07, 6.45) is 6.18. The highest BCUT2D eigenvalue weighted by atomic mass is 16.6. The molecule has 0 saturated heterocycles. The summed E-state index contributed by atoms with van der Waals surface area (Å²) in [5.41, 5.74) is -0.0753. The molecule has 0 saturated carbocycles. The van der Waals surface area contributed by atoms with Crippen LogP contribution < -0.4 is 4.74 Å². The molecule has 118 valence electrons. The summed E-state index contributed by atoms with van der Waals surface area (Å²) in [6, 6.07) is 5.72. The summed E-state index contributed by atoms with van der Waals surface area (Å²) in [5, 5.41) is 10.7. The van der Waals surface area contributed by atoms with E-state index in [-0.39, 0.29) is 18.0 Å². The number of nitrogens with zero attached hydrogens (tertiary/aromatic N) is 1. The van der Waals surface area contributed by atoms with Crippen molar-refractivity contribution >= 4 is 11.7 Å². The normalized spacial score (nSPS) is 20.4. The summed E-state index contributed by atoms with van der Waals surface area (Å²) in [5.74, 6) is 0.649. The lowest BCUT2D eigenvalue weighted by atomic mass is 9.85. The molecule has 2 atom stereocenters. The van der Waals surface area contributed by atoms with Gasteiger partial charge in [0.15, 0.2) is 6.61 Å². The molecule has 1 aliphatic rings. The van der Waals surface area contributed by atoms with Crippen molar-refractivity contribution in [3.8, 4) is 5.75 Å². The maximum absolute atomic E-state index is 11.7. The summed E-state index contributed by atoms with van der Waals surface area (Å²) < 4.78 is 10.5. The van der Waals surface area contributed by atoms with E-state index >= 15 is 0 Å². The summed E-state index contributed by atoms with van der Waals surface area (Å²) >= 11 is 0. The predicted molar refractivity (Wildman–Crippen MR) is 80.6 cm³/mol. The highest BCUT2D eigenvalue weighted by Gasteiger charge is 2.20. The molecule has 1 aromatic carbocycles. The van der Waals surface area contributed by atoms with E-state index in [2.05, 4.69) is 19.1 Å². The summed E-state index contributed by atoms with van der Waals surface area (Å²) in [7, 11) is 0. The van der Waals surface area contributed by atoms with Gasteiger partial charge in [-0.2, -0.15) is 0 Å². The molecule has 0 bridgehead atoms. The highest BCUT2D eigenvalue weighted by Crippen LogP contribution is 2.25. The highest BCUT2D eigenvalue weighted by molar-refractivity contribution is 5.71. The number of hydrogen-bond acceptors (Lipinski definition) is 5. The van der Waals surface area contributed by atoms with Gasteiger partial charge < -0.3 is 9.47 Å². The van der Waals surface area contributed by atoms with Crippen LogP contribution >= 0.6 is 0 Å². The van der Waals surface area contributed by atoms with Crippen LogP contribution in [0.3, 0.4) is 0 Å². The molecule has 2 rings (SSSR count). The predicted octanol–water partition coefficient (Wildman–Crippen LogP) is 3.12. The van der Waals surface area contributed by atoms with Crippen LogP contribution in [0.15, 0.2) is 36.4 Å². The quantitative estimate of drug-likeness (QED) is 0.349. The van der Waals surface area contributed by atoms with Crippen molar-refractivity contribution in [1.82, 2.24) is 0 Å². The second-order valence-electron chi connectivity index (χ2n) is 5.41. The number of non-ortho nitro benzene ring substituents is 1. The fraction of sp³-hybridized carbons (Fsp3) is 0.438. The zero-order valence-electron chi connectivity index (χ0n) is 12.4. The van der Waals surface area contributed by atoms with E-state index in [9.17, 15) is 14.9 Å². The number of esters is 1. The molecule has 0 fully saturated rings. The van der Waals surface area contributed by atoms with Crippen LogP contribution in [0.4, 0.5) is 5.69 Å². The third-order valence-corrected chi connectivity index (χ3v) is 3.76. The van der Waals surface area contributed by atoms with Gasteiger partial charge in [-0.25, -0.2) is 4.79 Å². The second kappa shape index (κ2) is 7.59. The molecule has 0 spiro atoms. The minimum atomic E-state index is -0.511. The molecule has 0 radical (unpaired) electrons. The molecular weight excluding hydrogens is 286 g/mol. The average molecular weight is 305 g/mol. The first kappa shape index (κ1) is 16.0. The molecule has 1 aromatic rings. The Morgan fingerprint density at radius 3 is 2.86 bits per heavy atom. The van der Waals surface area contributed by atoms with Gasteiger partial charge in [-0.1, -0.05) is 25.1 Å². The second-order valence-corrected chi connectivity index (χ2v) is 5.41. The number of carbonyl (C=O) groups is 1. The van der Waals surface area contributed by atoms with Crippen LogP contribution in [0, 0.1) is 22.0 Å². The molecule has 2 unspecified atom stereocenters. The van der Waals surface area contributed by atoms with Crippen molar-refractivity contribution in [2.24, 2.45) is 11.8 Å². The fourth-order valence-electron chi connectivity index (χ4n) is 2.31. The Labute approximate surface area is 128 Å². The lowest BCUT2D eigenvalue weighted by Gasteiger charge is -2.24. The number of rotatable bonds is 6. The number of allylic oxidation sites excluding steroid dienone is 2. The molecule has 1 aliphatic carbocycles. The van der Waals surface area contributed by atoms with Gasteiger partial charge in [0.05, 0.1) is 17.6 Å². The maximum Gasteiger partial charge on any atom is 0.344 e. The molecule has 0 aromatic heterocycles. The van der Waals surface area contributed by atoms with Crippen molar-refractivity contribution in [2.75, 3.05) is 13.2 Å². The molecule has 0 N–H and O–H groups in total. The zero-order valence-corrected chi connectivity index (χ0v) is 12.4. The Balaban J connectivity index is 1.77.